The van der Waals surface area contributed by atoms with Gasteiger partial charge in [-0.05, 0) is 37.3 Å². The van der Waals surface area contributed by atoms with Crippen molar-refractivity contribution in [3.05, 3.63) is 76.6 Å². The molecule has 0 aliphatic carbocycles. The molecule has 3 heterocycles. The molecule has 1 aliphatic heterocycles. The largest absolute Gasteiger partial charge is 0.382 e. The highest BCUT2D eigenvalue weighted by molar-refractivity contribution is 6.03. The Hall–Kier alpha value is -4.57. The molecular weight excluding hydrogens is 399 g/mol. The summed E-state index contributed by atoms with van der Waals surface area (Å²) in [4.78, 5) is 20.9. The van der Waals surface area contributed by atoms with Crippen LogP contribution in [0.25, 0.3) is 0 Å². The number of amidine groups is 1. The molecule has 9 nitrogen and oxygen atoms in total. The van der Waals surface area contributed by atoms with E-state index in [9.17, 15) is 9.18 Å². The van der Waals surface area contributed by atoms with E-state index in [4.69, 9.17) is 16.3 Å². The fourth-order valence-corrected chi connectivity index (χ4v) is 3.40. The van der Waals surface area contributed by atoms with E-state index in [0.29, 0.717) is 16.9 Å². The van der Waals surface area contributed by atoms with Crippen molar-refractivity contribution in [1.29, 1.82) is 10.5 Å². The number of carbonyl (C=O) groups excluding carboxylic acids is 1. The lowest BCUT2D eigenvalue weighted by atomic mass is 9.90. The minimum Gasteiger partial charge on any atom is -0.382 e. The summed E-state index contributed by atoms with van der Waals surface area (Å²) < 4.78 is 16.3. The molecule has 0 fully saturated rings. The minimum absolute atomic E-state index is 0.112. The van der Waals surface area contributed by atoms with Gasteiger partial charge in [0.1, 0.15) is 40.7 Å². The van der Waals surface area contributed by atoms with Crippen molar-refractivity contribution in [2.45, 2.75) is 19.0 Å². The quantitative estimate of drug-likeness (QED) is 0.671. The number of hydrogen-bond donors (Lipinski definition) is 2. The predicted octanol–water partition coefficient (Wildman–Crippen LogP) is 2.05. The zero-order valence-electron chi connectivity index (χ0n) is 16.3. The highest BCUT2D eigenvalue weighted by atomic mass is 19.1. The highest BCUT2D eigenvalue weighted by Gasteiger charge is 2.35. The van der Waals surface area contributed by atoms with Gasteiger partial charge in [0.05, 0.1) is 12.1 Å². The van der Waals surface area contributed by atoms with Gasteiger partial charge in [-0.3, -0.25) is 14.5 Å². The Labute approximate surface area is 176 Å². The molecule has 3 aromatic rings. The zero-order chi connectivity index (χ0) is 22.2. The van der Waals surface area contributed by atoms with Crippen LogP contribution >= 0.6 is 0 Å². The van der Waals surface area contributed by atoms with Gasteiger partial charge in [0.25, 0.3) is 5.91 Å². The predicted molar refractivity (Wildman–Crippen MR) is 108 cm³/mol. The number of nitrogens with zero attached hydrogens (tertiary/aromatic N) is 6. The summed E-state index contributed by atoms with van der Waals surface area (Å²) in [6, 6.07) is 12.4. The zero-order valence-corrected chi connectivity index (χ0v) is 16.3. The lowest BCUT2D eigenvalue weighted by molar-refractivity contribution is 0.102. The summed E-state index contributed by atoms with van der Waals surface area (Å²) in [5, 5.41) is 24.7. The Morgan fingerprint density at radius 1 is 1.26 bits per heavy atom. The maximum atomic E-state index is 14.8. The van der Waals surface area contributed by atoms with Crippen molar-refractivity contribution in [1.82, 2.24) is 14.8 Å². The second-order valence-corrected chi connectivity index (χ2v) is 7.15. The van der Waals surface area contributed by atoms with Crippen LogP contribution in [0.5, 0.6) is 0 Å². The lowest BCUT2D eigenvalue weighted by Crippen LogP contribution is -2.37. The molecule has 0 saturated heterocycles. The minimum atomic E-state index is -1.10. The number of nitrogens with two attached hydrogens (primary N) is 1. The van der Waals surface area contributed by atoms with Crippen LogP contribution in [0.15, 0.2) is 47.6 Å². The van der Waals surface area contributed by atoms with Gasteiger partial charge in [0.2, 0.25) is 0 Å². The number of halogens is 1. The molecule has 4 rings (SSSR count). The molecule has 0 bridgehead atoms. The van der Waals surface area contributed by atoms with E-state index in [1.165, 1.54) is 47.3 Å². The Balaban J connectivity index is 1.65. The van der Waals surface area contributed by atoms with Gasteiger partial charge in [-0.25, -0.2) is 9.37 Å². The number of nitrogens with one attached hydrogen (secondary N) is 1. The van der Waals surface area contributed by atoms with E-state index >= 15 is 0 Å². The average molecular weight is 414 g/mol. The van der Waals surface area contributed by atoms with Gasteiger partial charge in [-0.15, -0.1) is 0 Å². The summed E-state index contributed by atoms with van der Waals surface area (Å²) in [7, 11) is 0. The van der Waals surface area contributed by atoms with Crippen molar-refractivity contribution in [3.8, 4) is 12.1 Å². The number of carbonyl (C=O) groups is 1. The molecule has 3 N–H and O–H groups in total. The molecule has 0 unspecified atom stereocenters. The Bertz CT molecular complexity index is 1310. The Morgan fingerprint density at radius 3 is 2.74 bits per heavy atom. The average Bonchev–Trinajstić information content (AvgIpc) is 3.18. The smallest absolute Gasteiger partial charge is 0.274 e. The number of aromatic nitrogens is 3. The number of rotatable bonds is 3. The maximum absolute atomic E-state index is 14.8. The molecule has 1 aliphatic rings. The third-order valence-electron chi connectivity index (χ3n) is 4.91. The van der Waals surface area contributed by atoms with Crippen LogP contribution in [0.3, 0.4) is 0 Å². The van der Waals surface area contributed by atoms with Crippen LogP contribution in [-0.2, 0) is 12.1 Å². The number of aliphatic imine (C=N–C) groups is 1. The normalized spacial score (nSPS) is 17.1. The van der Waals surface area contributed by atoms with E-state index in [2.05, 4.69) is 20.4 Å². The van der Waals surface area contributed by atoms with Crippen molar-refractivity contribution in [3.63, 3.8) is 0 Å². The molecule has 152 valence electrons. The summed E-state index contributed by atoms with van der Waals surface area (Å²) in [5.41, 5.74) is 6.62. The van der Waals surface area contributed by atoms with Crippen molar-refractivity contribution in [2.75, 3.05) is 5.32 Å². The molecule has 2 aromatic heterocycles. The molecule has 1 aromatic carbocycles. The van der Waals surface area contributed by atoms with Crippen molar-refractivity contribution >= 4 is 17.4 Å². The fourth-order valence-electron chi connectivity index (χ4n) is 3.40. The molecule has 0 spiro atoms. The third-order valence-corrected chi connectivity index (χ3v) is 4.91. The molecule has 10 heteroatoms. The standard InChI is InChI=1S/C21H15FN8O/c1-21(11-30-18(19(25)28-21)7-14(9-24)29-30)15-6-13(3-4-16(15)22)27-20(31)17-5-2-12(8-23)10-26-17/h2-7,10H,11H2,1H3,(H2,25,28)(H,27,31)/t21-/m0/s1. The molecule has 1 atom stereocenters. The molecular formula is C21H15FN8O. The van der Waals surface area contributed by atoms with Gasteiger partial charge in [-0.1, -0.05) is 0 Å². The second kappa shape index (κ2) is 7.35. The van der Waals surface area contributed by atoms with E-state index < -0.39 is 17.3 Å². The van der Waals surface area contributed by atoms with Gasteiger partial charge in [0, 0.05) is 23.5 Å². The van der Waals surface area contributed by atoms with Gasteiger partial charge in [0.15, 0.2) is 5.69 Å². The number of amides is 1. The summed E-state index contributed by atoms with van der Waals surface area (Å²) in [6.45, 7) is 1.86. The first-order valence-electron chi connectivity index (χ1n) is 9.14. The van der Waals surface area contributed by atoms with Crippen molar-refractivity contribution < 1.29 is 9.18 Å². The van der Waals surface area contributed by atoms with Gasteiger partial charge >= 0.3 is 0 Å². The number of hydrogen-bond acceptors (Lipinski definition) is 7. The third kappa shape index (κ3) is 3.58. The SMILES string of the molecule is C[C@@]1(c2cc(NC(=O)c3ccc(C#N)cn3)ccc2F)Cn2nc(C#N)cc2C(N)=N1. The first-order chi connectivity index (χ1) is 14.8. The lowest BCUT2D eigenvalue weighted by Gasteiger charge is -2.31. The fraction of sp³-hybridized carbons (Fsp3) is 0.143. The molecule has 1 amide bonds. The van der Waals surface area contributed by atoms with Crippen LogP contribution in [0, 0.1) is 28.5 Å². The van der Waals surface area contributed by atoms with Crippen molar-refractivity contribution in [2.24, 2.45) is 10.7 Å². The Morgan fingerprint density at radius 2 is 2.06 bits per heavy atom. The van der Waals surface area contributed by atoms with E-state index in [-0.39, 0.29) is 29.3 Å². The molecule has 0 saturated carbocycles. The monoisotopic (exact) mass is 414 g/mol. The van der Waals surface area contributed by atoms with Crippen LogP contribution in [0.2, 0.25) is 0 Å². The van der Waals surface area contributed by atoms with E-state index in [1.54, 1.807) is 6.92 Å². The molecule has 31 heavy (non-hydrogen) atoms. The maximum Gasteiger partial charge on any atom is 0.274 e. The van der Waals surface area contributed by atoms with Gasteiger partial charge in [-0.2, -0.15) is 15.6 Å². The first kappa shape index (κ1) is 19.7. The number of benzene rings is 1. The summed E-state index contributed by atoms with van der Waals surface area (Å²) in [6.07, 6.45) is 1.29. The first-order valence-corrected chi connectivity index (χ1v) is 9.14. The summed E-state index contributed by atoms with van der Waals surface area (Å²) >= 11 is 0. The molecule has 0 radical (unpaired) electrons. The number of nitriles is 2. The number of anilines is 1. The number of pyridine rings is 1. The van der Waals surface area contributed by atoms with E-state index in [0.717, 1.165) is 0 Å². The van der Waals surface area contributed by atoms with E-state index in [1.807, 2.05) is 12.1 Å². The summed E-state index contributed by atoms with van der Waals surface area (Å²) in [5.74, 6) is -0.894. The van der Waals surface area contributed by atoms with Crippen LogP contribution < -0.4 is 11.1 Å². The topological polar surface area (TPSA) is 146 Å². The number of fused-ring (bicyclic) bond motifs is 1. The van der Waals surface area contributed by atoms with Gasteiger partial charge < -0.3 is 11.1 Å². The second-order valence-electron chi connectivity index (χ2n) is 7.15. The highest BCUT2D eigenvalue weighted by Crippen LogP contribution is 2.34. The van der Waals surface area contributed by atoms with Crippen LogP contribution in [0.1, 0.15) is 39.9 Å². The Kier molecular flexibility index (Phi) is 4.68. The van der Waals surface area contributed by atoms with Crippen LogP contribution in [-0.4, -0.2) is 26.5 Å². The van der Waals surface area contributed by atoms with Crippen LogP contribution in [0.4, 0.5) is 10.1 Å².